The van der Waals surface area contributed by atoms with Crippen molar-refractivity contribution in [1.29, 1.82) is 0 Å². The van der Waals surface area contributed by atoms with Gasteiger partial charge in [0.1, 0.15) is 12.2 Å². The summed E-state index contributed by atoms with van der Waals surface area (Å²) < 4.78 is 32.5. The Bertz CT molecular complexity index is 363. The van der Waals surface area contributed by atoms with Gasteiger partial charge in [0.2, 0.25) is 5.91 Å². The van der Waals surface area contributed by atoms with Crippen molar-refractivity contribution in [2.45, 2.75) is 51.1 Å². The highest BCUT2D eigenvalue weighted by atomic mass is 19.2. The molecular formula is C12H17F2NO3. The van der Waals surface area contributed by atoms with E-state index in [2.05, 4.69) is 0 Å². The minimum absolute atomic E-state index is 0.161. The van der Waals surface area contributed by atoms with E-state index in [-0.39, 0.29) is 6.61 Å². The second-order valence-corrected chi connectivity index (χ2v) is 4.82. The third-order valence-electron chi connectivity index (χ3n) is 3.83. The van der Waals surface area contributed by atoms with Crippen molar-refractivity contribution < 1.29 is 23.1 Å². The van der Waals surface area contributed by atoms with Crippen molar-refractivity contribution in [1.82, 2.24) is 4.90 Å². The lowest BCUT2D eigenvalue weighted by molar-refractivity contribution is -0.178. The van der Waals surface area contributed by atoms with Crippen molar-refractivity contribution in [2.24, 2.45) is 5.92 Å². The molecule has 18 heavy (non-hydrogen) atoms. The number of esters is 1. The highest BCUT2D eigenvalue weighted by Crippen LogP contribution is 2.43. The highest BCUT2D eigenvalue weighted by molar-refractivity contribution is 5.84. The minimum atomic E-state index is -1.70. The molecule has 1 amide bonds. The van der Waals surface area contributed by atoms with E-state index in [1.807, 2.05) is 0 Å². The summed E-state index contributed by atoms with van der Waals surface area (Å²) in [5.74, 6) is -1.82. The van der Waals surface area contributed by atoms with E-state index >= 15 is 0 Å². The topological polar surface area (TPSA) is 46.6 Å². The van der Waals surface area contributed by atoms with Gasteiger partial charge in [0, 0.05) is 12.8 Å². The van der Waals surface area contributed by atoms with E-state index in [9.17, 15) is 18.4 Å². The Kier molecular flexibility index (Phi) is 3.54. The van der Waals surface area contributed by atoms with E-state index in [0.717, 1.165) is 0 Å². The molecule has 3 fully saturated rings. The molecule has 1 saturated carbocycles. The summed E-state index contributed by atoms with van der Waals surface area (Å²) in [5.41, 5.74) is 0. The van der Waals surface area contributed by atoms with E-state index in [4.69, 9.17) is 4.74 Å². The fraction of sp³-hybridized carbons (Fsp3) is 0.833. The van der Waals surface area contributed by atoms with Crippen molar-refractivity contribution in [2.75, 3.05) is 6.61 Å². The number of ether oxygens (including phenoxy) is 1. The number of fused-ring (bicyclic) bond motifs is 3. The molecule has 2 heterocycles. The van der Waals surface area contributed by atoms with Gasteiger partial charge in [-0.1, -0.05) is 0 Å². The van der Waals surface area contributed by atoms with Crippen LogP contribution in [0.3, 0.4) is 0 Å². The Morgan fingerprint density at radius 3 is 2.50 bits per heavy atom. The van der Waals surface area contributed by atoms with Gasteiger partial charge in [-0.3, -0.25) is 4.79 Å². The largest absolute Gasteiger partial charge is 0.464 e. The molecule has 0 spiro atoms. The Morgan fingerprint density at radius 1 is 1.28 bits per heavy atom. The van der Waals surface area contributed by atoms with Crippen LogP contribution in [-0.2, 0) is 14.3 Å². The number of nitrogens with zero attached hydrogens (tertiary/aromatic N) is 1. The summed E-state index contributed by atoms with van der Waals surface area (Å²) >= 11 is 0. The molecule has 5 atom stereocenters. The molecule has 2 bridgehead atoms. The van der Waals surface area contributed by atoms with E-state index in [1.54, 1.807) is 6.92 Å². The molecule has 0 N–H and O–H groups in total. The summed E-state index contributed by atoms with van der Waals surface area (Å²) in [4.78, 5) is 24.6. The average molecular weight is 261 g/mol. The van der Waals surface area contributed by atoms with Crippen LogP contribution in [0.2, 0.25) is 0 Å². The van der Waals surface area contributed by atoms with Crippen LogP contribution in [0, 0.1) is 5.92 Å². The summed E-state index contributed by atoms with van der Waals surface area (Å²) in [6.07, 6.45) is -2.56. The quantitative estimate of drug-likeness (QED) is 0.702. The predicted molar refractivity (Wildman–Crippen MR) is 59.2 cm³/mol. The third-order valence-corrected chi connectivity index (χ3v) is 3.83. The van der Waals surface area contributed by atoms with Gasteiger partial charge in [0.25, 0.3) is 0 Å². The molecule has 2 unspecified atom stereocenters. The van der Waals surface area contributed by atoms with E-state index < -0.39 is 42.2 Å². The number of amides is 1. The summed E-state index contributed by atoms with van der Waals surface area (Å²) in [6, 6.07) is -1.81. The number of carbonyl (C=O) groups is 2. The van der Waals surface area contributed by atoms with Gasteiger partial charge in [-0.15, -0.1) is 0 Å². The van der Waals surface area contributed by atoms with Gasteiger partial charge in [-0.25, -0.2) is 13.6 Å². The maximum Gasteiger partial charge on any atom is 0.329 e. The van der Waals surface area contributed by atoms with Crippen LogP contribution in [-0.4, -0.2) is 47.8 Å². The maximum absolute atomic E-state index is 13.8. The van der Waals surface area contributed by atoms with E-state index in [1.165, 1.54) is 11.8 Å². The lowest BCUT2D eigenvalue weighted by Crippen LogP contribution is -2.68. The first-order valence-corrected chi connectivity index (χ1v) is 6.22. The van der Waals surface area contributed by atoms with Crippen LogP contribution in [0.1, 0.15) is 26.7 Å². The zero-order valence-corrected chi connectivity index (χ0v) is 10.4. The lowest BCUT2D eigenvalue weighted by Gasteiger charge is -2.52. The summed E-state index contributed by atoms with van der Waals surface area (Å²) in [6.45, 7) is 3.07. The molecule has 0 aromatic carbocycles. The number of piperidine rings is 2. The zero-order chi connectivity index (χ0) is 13.4. The van der Waals surface area contributed by atoms with Gasteiger partial charge in [-0.2, -0.15) is 0 Å². The van der Waals surface area contributed by atoms with Crippen LogP contribution in [0.25, 0.3) is 0 Å². The molecule has 2 saturated heterocycles. The van der Waals surface area contributed by atoms with Gasteiger partial charge in [0.15, 0.2) is 6.17 Å². The summed E-state index contributed by atoms with van der Waals surface area (Å²) in [5, 5.41) is 0. The molecule has 4 nitrogen and oxygen atoms in total. The molecular weight excluding hydrogens is 244 g/mol. The van der Waals surface area contributed by atoms with Crippen LogP contribution < -0.4 is 0 Å². The molecule has 2 aliphatic heterocycles. The van der Waals surface area contributed by atoms with Gasteiger partial charge in [0.05, 0.1) is 12.6 Å². The van der Waals surface area contributed by atoms with Crippen molar-refractivity contribution >= 4 is 11.9 Å². The molecule has 6 heteroatoms. The van der Waals surface area contributed by atoms with Crippen LogP contribution >= 0.6 is 0 Å². The number of hydrogen-bond acceptors (Lipinski definition) is 3. The van der Waals surface area contributed by atoms with Gasteiger partial charge >= 0.3 is 5.97 Å². The predicted octanol–water partition coefficient (Wildman–Crippen LogP) is 1.23. The first-order chi connectivity index (χ1) is 8.49. The Balaban J connectivity index is 2.30. The number of halogens is 2. The Labute approximate surface area is 104 Å². The van der Waals surface area contributed by atoms with Crippen LogP contribution in [0.4, 0.5) is 8.78 Å². The smallest absolute Gasteiger partial charge is 0.329 e. The minimum Gasteiger partial charge on any atom is -0.464 e. The standard InChI is InChI=1S/C12H17F2NO3/c1-3-18-12(17)11-7-4-5-8(10(14)9(7)13)15(11)6(2)16/h7-11H,3-5H2,1-2H3/t7?,8?,9-,10+,11+/m1/s1. The fourth-order valence-corrected chi connectivity index (χ4v) is 3.11. The van der Waals surface area contributed by atoms with Crippen LogP contribution in [0.5, 0.6) is 0 Å². The summed E-state index contributed by atoms with van der Waals surface area (Å²) in [7, 11) is 0. The molecule has 1 aliphatic carbocycles. The zero-order valence-electron chi connectivity index (χ0n) is 10.4. The fourth-order valence-electron chi connectivity index (χ4n) is 3.11. The van der Waals surface area contributed by atoms with E-state index in [0.29, 0.717) is 12.8 Å². The first-order valence-electron chi connectivity index (χ1n) is 6.22. The third kappa shape index (κ3) is 1.87. The number of alkyl halides is 2. The molecule has 102 valence electrons. The molecule has 0 radical (unpaired) electrons. The SMILES string of the molecule is CCOC(=O)[C@@H]1C2CCC([C@H](F)[C@@H]2F)N1C(C)=O. The van der Waals surface area contributed by atoms with Crippen LogP contribution in [0.15, 0.2) is 0 Å². The number of carbonyl (C=O) groups excluding carboxylic acids is 2. The van der Waals surface area contributed by atoms with Crippen molar-refractivity contribution in [3.05, 3.63) is 0 Å². The average Bonchev–Trinajstić information content (AvgIpc) is 2.33. The second kappa shape index (κ2) is 4.82. The lowest BCUT2D eigenvalue weighted by atomic mass is 9.72. The van der Waals surface area contributed by atoms with Crippen molar-refractivity contribution in [3.63, 3.8) is 0 Å². The van der Waals surface area contributed by atoms with Gasteiger partial charge in [-0.05, 0) is 19.8 Å². The number of hydrogen-bond donors (Lipinski definition) is 0. The number of rotatable bonds is 2. The molecule has 3 rings (SSSR count). The highest BCUT2D eigenvalue weighted by Gasteiger charge is 2.57. The maximum atomic E-state index is 13.8. The molecule has 0 aromatic rings. The van der Waals surface area contributed by atoms with Gasteiger partial charge < -0.3 is 9.64 Å². The Hall–Kier alpha value is -1.20. The van der Waals surface area contributed by atoms with Crippen molar-refractivity contribution in [3.8, 4) is 0 Å². The monoisotopic (exact) mass is 261 g/mol. The first kappa shape index (κ1) is 13.2. The Morgan fingerprint density at radius 2 is 1.94 bits per heavy atom. The normalized spacial score (nSPS) is 38.7. The second-order valence-electron chi connectivity index (χ2n) is 4.82. The molecule has 3 aliphatic rings. The molecule has 0 aromatic heterocycles.